The first-order chi connectivity index (χ1) is 9.45. The molecule has 0 aromatic heterocycles. The summed E-state index contributed by atoms with van der Waals surface area (Å²) in [5.41, 5.74) is 6.04. The van der Waals surface area contributed by atoms with Crippen molar-refractivity contribution in [2.75, 3.05) is 25.6 Å². The fourth-order valence-electron chi connectivity index (χ4n) is 1.55. The summed E-state index contributed by atoms with van der Waals surface area (Å²) in [4.78, 5) is 11.7. The van der Waals surface area contributed by atoms with Crippen LogP contribution in [0.3, 0.4) is 0 Å². The van der Waals surface area contributed by atoms with Crippen molar-refractivity contribution in [3.63, 3.8) is 0 Å². The minimum atomic E-state index is -0.519. The number of carbonyl (C=O) groups is 1. The fraction of sp³-hybridized carbons (Fsp3) is 0.385. The number of nitrogens with two attached hydrogens (primary N) is 1. The summed E-state index contributed by atoms with van der Waals surface area (Å²) in [5, 5.41) is 5.59. The van der Waals surface area contributed by atoms with Crippen LogP contribution < -0.4 is 16.4 Å². The third kappa shape index (κ3) is 4.75. The van der Waals surface area contributed by atoms with E-state index in [2.05, 4.69) is 10.6 Å². The highest BCUT2D eigenvalue weighted by molar-refractivity contribution is 7.80. The predicted molar refractivity (Wildman–Crippen MR) is 80.3 cm³/mol. The Balaban J connectivity index is 2.62. The molecular weight excluding hydrogens is 281 g/mol. The Morgan fingerprint density at radius 2 is 2.25 bits per heavy atom. The first-order valence-electron chi connectivity index (χ1n) is 6.08. The Labute approximate surface area is 122 Å². The molecule has 0 aliphatic rings. The minimum absolute atomic E-state index is 0.000549. The van der Waals surface area contributed by atoms with Gasteiger partial charge in [0.05, 0.1) is 6.61 Å². The number of ether oxygens (including phenoxy) is 1. The van der Waals surface area contributed by atoms with Crippen molar-refractivity contribution < 1.29 is 13.9 Å². The van der Waals surface area contributed by atoms with Crippen molar-refractivity contribution in [1.29, 1.82) is 0 Å². The lowest BCUT2D eigenvalue weighted by Crippen LogP contribution is -2.39. The molecule has 20 heavy (non-hydrogen) atoms. The predicted octanol–water partition coefficient (Wildman–Crippen LogP) is 1.02. The minimum Gasteiger partial charge on any atom is -0.389 e. The number of carbonyl (C=O) groups excluding carboxylic acids is 1. The van der Waals surface area contributed by atoms with Gasteiger partial charge in [-0.15, -0.1) is 0 Å². The van der Waals surface area contributed by atoms with Gasteiger partial charge in [-0.25, -0.2) is 4.39 Å². The van der Waals surface area contributed by atoms with Crippen molar-refractivity contribution in [3.8, 4) is 0 Å². The molecule has 4 N–H and O–H groups in total. The molecule has 0 radical (unpaired) electrons. The zero-order valence-corrected chi connectivity index (χ0v) is 12.2. The van der Waals surface area contributed by atoms with Crippen molar-refractivity contribution in [1.82, 2.24) is 5.32 Å². The van der Waals surface area contributed by atoms with E-state index in [0.29, 0.717) is 18.8 Å². The van der Waals surface area contributed by atoms with Crippen LogP contribution in [0.15, 0.2) is 18.2 Å². The van der Waals surface area contributed by atoms with Crippen LogP contribution in [-0.2, 0) is 9.53 Å². The molecule has 1 amide bonds. The average Bonchev–Trinajstić information content (AvgIpc) is 2.38. The lowest BCUT2D eigenvalue weighted by atomic mass is 10.1. The van der Waals surface area contributed by atoms with Gasteiger partial charge in [0.2, 0.25) is 5.91 Å². The second-order valence-electron chi connectivity index (χ2n) is 4.21. The van der Waals surface area contributed by atoms with Crippen LogP contribution in [0.5, 0.6) is 0 Å². The number of nitrogens with one attached hydrogen (secondary N) is 2. The summed E-state index contributed by atoms with van der Waals surface area (Å²) in [5.74, 6) is -0.713. The van der Waals surface area contributed by atoms with Gasteiger partial charge in [0.1, 0.15) is 16.8 Å². The lowest BCUT2D eigenvalue weighted by Gasteiger charge is -2.15. The molecule has 0 aliphatic carbocycles. The second kappa shape index (κ2) is 7.76. The zero-order chi connectivity index (χ0) is 15.1. The van der Waals surface area contributed by atoms with Crippen molar-refractivity contribution >= 4 is 28.8 Å². The molecule has 0 fully saturated rings. The number of benzene rings is 1. The monoisotopic (exact) mass is 299 g/mol. The first-order valence-corrected chi connectivity index (χ1v) is 6.49. The maximum absolute atomic E-state index is 13.7. The molecule has 1 atom stereocenters. The summed E-state index contributed by atoms with van der Waals surface area (Å²) in [7, 11) is 1.56. The molecule has 110 valence electrons. The standard InChI is InChI=1S/C13H18FN3O2S/c1-8(13(18)16-5-6-19-2)17-9-3-4-10(12(15)20)11(14)7-9/h3-4,7-8,17H,5-6H2,1-2H3,(H2,15,20)(H,16,18). The molecule has 1 aromatic rings. The maximum Gasteiger partial charge on any atom is 0.242 e. The number of hydrogen-bond acceptors (Lipinski definition) is 4. The number of thiocarbonyl (C=S) groups is 1. The average molecular weight is 299 g/mol. The second-order valence-corrected chi connectivity index (χ2v) is 4.65. The van der Waals surface area contributed by atoms with Gasteiger partial charge in [0.15, 0.2) is 0 Å². The lowest BCUT2D eigenvalue weighted by molar-refractivity contribution is -0.121. The molecule has 1 unspecified atom stereocenters. The summed E-state index contributed by atoms with van der Waals surface area (Å²) in [6.45, 7) is 2.55. The van der Waals surface area contributed by atoms with Gasteiger partial charge in [-0.3, -0.25) is 4.79 Å². The highest BCUT2D eigenvalue weighted by Gasteiger charge is 2.13. The van der Waals surface area contributed by atoms with E-state index in [0.717, 1.165) is 0 Å². The van der Waals surface area contributed by atoms with Gasteiger partial charge in [-0.05, 0) is 25.1 Å². The molecule has 0 saturated heterocycles. The topological polar surface area (TPSA) is 76.4 Å². The molecule has 0 spiro atoms. The zero-order valence-electron chi connectivity index (χ0n) is 11.4. The van der Waals surface area contributed by atoms with Crippen LogP contribution in [0.25, 0.3) is 0 Å². The molecule has 1 rings (SSSR count). The van der Waals surface area contributed by atoms with Crippen molar-refractivity contribution in [2.24, 2.45) is 5.73 Å². The number of amides is 1. The SMILES string of the molecule is COCCNC(=O)C(C)Nc1ccc(C(N)=S)c(F)c1. The van der Waals surface area contributed by atoms with E-state index in [1.807, 2.05) is 0 Å². The van der Waals surface area contributed by atoms with Gasteiger partial charge >= 0.3 is 0 Å². The fourth-order valence-corrected chi connectivity index (χ4v) is 1.72. The van der Waals surface area contributed by atoms with Crippen LogP contribution >= 0.6 is 12.2 Å². The number of anilines is 1. The molecule has 0 saturated carbocycles. The third-order valence-electron chi connectivity index (χ3n) is 2.62. The Kier molecular flexibility index (Phi) is 6.33. The summed E-state index contributed by atoms with van der Waals surface area (Å²) in [6.07, 6.45) is 0. The molecule has 0 bridgehead atoms. The largest absolute Gasteiger partial charge is 0.389 e. The van der Waals surface area contributed by atoms with Gasteiger partial charge in [-0.2, -0.15) is 0 Å². The maximum atomic E-state index is 13.7. The van der Waals surface area contributed by atoms with E-state index < -0.39 is 11.9 Å². The van der Waals surface area contributed by atoms with Crippen molar-refractivity contribution in [3.05, 3.63) is 29.6 Å². The molecule has 5 nitrogen and oxygen atoms in total. The third-order valence-corrected chi connectivity index (χ3v) is 2.84. The molecule has 7 heteroatoms. The van der Waals surface area contributed by atoms with Crippen LogP contribution in [0.1, 0.15) is 12.5 Å². The highest BCUT2D eigenvalue weighted by atomic mass is 32.1. The van der Waals surface area contributed by atoms with E-state index in [4.69, 9.17) is 22.7 Å². The first kappa shape index (κ1) is 16.3. The number of methoxy groups -OCH3 is 1. The van der Waals surface area contributed by atoms with E-state index in [1.54, 1.807) is 20.1 Å². The van der Waals surface area contributed by atoms with E-state index in [-0.39, 0.29) is 16.5 Å². The number of hydrogen-bond donors (Lipinski definition) is 3. The van der Waals surface area contributed by atoms with Gasteiger partial charge in [-0.1, -0.05) is 12.2 Å². The smallest absolute Gasteiger partial charge is 0.242 e. The number of rotatable bonds is 7. The molecule has 0 aliphatic heterocycles. The Morgan fingerprint density at radius 1 is 1.55 bits per heavy atom. The van der Waals surface area contributed by atoms with E-state index in [1.165, 1.54) is 12.1 Å². The summed E-state index contributed by atoms with van der Waals surface area (Å²) < 4.78 is 18.5. The molecule has 0 heterocycles. The molecular formula is C13H18FN3O2S. The van der Waals surface area contributed by atoms with Crippen LogP contribution in [0, 0.1) is 5.82 Å². The Hall–Kier alpha value is -1.73. The van der Waals surface area contributed by atoms with Crippen LogP contribution in [0.2, 0.25) is 0 Å². The Bertz CT molecular complexity index is 497. The van der Waals surface area contributed by atoms with Crippen LogP contribution in [0.4, 0.5) is 10.1 Å². The van der Waals surface area contributed by atoms with Gasteiger partial charge in [0.25, 0.3) is 0 Å². The molecule has 1 aromatic carbocycles. The van der Waals surface area contributed by atoms with E-state index in [9.17, 15) is 9.18 Å². The normalized spacial score (nSPS) is 11.8. The van der Waals surface area contributed by atoms with Gasteiger partial charge < -0.3 is 21.1 Å². The quantitative estimate of drug-likeness (QED) is 0.518. The van der Waals surface area contributed by atoms with Gasteiger partial charge in [0, 0.05) is 24.9 Å². The Morgan fingerprint density at radius 3 is 2.80 bits per heavy atom. The summed E-state index contributed by atoms with van der Waals surface area (Å²) in [6, 6.07) is 3.86. The number of halogens is 1. The van der Waals surface area contributed by atoms with E-state index >= 15 is 0 Å². The van der Waals surface area contributed by atoms with Crippen molar-refractivity contribution in [2.45, 2.75) is 13.0 Å². The summed E-state index contributed by atoms with van der Waals surface area (Å²) >= 11 is 4.72. The highest BCUT2D eigenvalue weighted by Crippen LogP contribution is 2.15. The van der Waals surface area contributed by atoms with Crippen LogP contribution in [-0.4, -0.2) is 37.2 Å².